The van der Waals surface area contributed by atoms with Crippen molar-refractivity contribution in [2.24, 2.45) is 10.2 Å². The minimum Gasteiger partial charge on any atom is -0.282 e. The topological polar surface area (TPSA) is 42.0 Å². The molecule has 122 valence electrons. The fourth-order valence-electron chi connectivity index (χ4n) is 2.69. The number of benzene rings is 2. The molecular weight excluding hydrogens is 315 g/mol. The molecule has 0 fully saturated rings. The van der Waals surface area contributed by atoms with Crippen molar-refractivity contribution in [1.29, 1.82) is 0 Å². The van der Waals surface area contributed by atoms with Gasteiger partial charge in [-0.05, 0) is 55.0 Å². The molecule has 0 N–H and O–H groups in total. The second kappa shape index (κ2) is 6.28. The number of hydrogen-bond donors (Lipinski definition) is 0. The summed E-state index contributed by atoms with van der Waals surface area (Å²) in [6, 6.07) is 19.7. The third-order valence-corrected chi connectivity index (χ3v) is 3.95. The number of nitrogens with zero attached hydrogens (tertiary/aromatic N) is 4. The van der Waals surface area contributed by atoms with Crippen LogP contribution >= 0.6 is 0 Å². The van der Waals surface area contributed by atoms with Gasteiger partial charge in [-0.3, -0.25) is 4.40 Å². The number of halogens is 1. The van der Waals surface area contributed by atoms with Gasteiger partial charge in [0.25, 0.3) is 0 Å². The van der Waals surface area contributed by atoms with Gasteiger partial charge in [-0.25, -0.2) is 9.37 Å². The van der Waals surface area contributed by atoms with E-state index in [1.165, 1.54) is 12.1 Å². The van der Waals surface area contributed by atoms with Crippen LogP contribution in [0.5, 0.6) is 0 Å². The predicted octanol–water partition coefficient (Wildman–Crippen LogP) is 5.86. The Balaban J connectivity index is 1.91. The minimum absolute atomic E-state index is 0.281. The van der Waals surface area contributed by atoms with Gasteiger partial charge in [0.05, 0.1) is 5.69 Å². The van der Waals surface area contributed by atoms with E-state index >= 15 is 0 Å². The molecule has 0 aliphatic rings. The Morgan fingerprint density at radius 3 is 2.40 bits per heavy atom. The third kappa shape index (κ3) is 2.92. The molecule has 4 rings (SSSR count). The molecule has 0 aliphatic heterocycles. The lowest BCUT2D eigenvalue weighted by molar-refractivity contribution is 0.628. The molecule has 2 aromatic carbocycles. The molecular formula is C20H15FN4. The number of rotatable bonds is 3. The normalized spacial score (nSPS) is 11.4. The van der Waals surface area contributed by atoms with Crippen LogP contribution in [-0.2, 0) is 0 Å². The molecule has 0 saturated heterocycles. The van der Waals surface area contributed by atoms with Crippen molar-refractivity contribution in [1.82, 2.24) is 9.38 Å². The first kappa shape index (κ1) is 15.2. The molecule has 0 unspecified atom stereocenters. The van der Waals surface area contributed by atoms with Gasteiger partial charge in [0.1, 0.15) is 17.2 Å². The average Bonchev–Trinajstić information content (AvgIpc) is 3.01. The quantitative estimate of drug-likeness (QED) is 0.433. The summed E-state index contributed by atoms with van der Waals surface area (Å²) in [6.07, 6.45) is 1.90. The Morgan fingerprint density at radius 1 is 0.880 bits per heavy atom. The number of fused-ring (bicyclic) bond motifs is 1. The number of hydrogen-bond acceptors (Lipinski definition) is 3. The lowest BCUT2D eigenvalue weighted by atomic mass is 10.1. The zero-order chi connectivity index (χ0) is 17.2. The maximum atomic E-state index is 13.3. The van der Waals surface area contributed by atoms with Crippen molar-refractivity contribution in [3.63, 3.8) is 0 Å². The molecule has 0 bridgehead atoms. The largest absolute Gasteiger partial charge is 0.282 e. The second-order valence-corrected chi connectivity index (χ2v) is 5.71. The van der Waals surface area contributed by atoms with E-state index in [4.69, 9.17) is 4.98 Å². The lowest BCUT2D eigenvalue weighted by Crippen LogP contribution is -1.85. The smallest absolute Gasteiger partial charge is 0.187 e. The van der Waals surface area contributed by atoms with E-state index in [-0.39, 0.29) is 5.82 Å². The molecule has 0 radical (unpaired) electrons. The molecule has 0 spiro atoms. The fraction of sp³-hybridized carbons (Fsp3) is 0.0500. The summed E-state index contributed by atoms with van der Waals surface area (Å²) in [7, 11) is 0. The first-order chi connectivity index (χ1) is 12.2. The number of azo groups is 1. The van der Waals surface area contributed by atoms with Crippen LogP contribution in [-0.4, -0.2) is 9.38 Å². The van der Waals surface area contributed by atoms with Crippen molar-refractivity contribution >= 4 is 17.2 Å². The van der Waals surface area contributed by atoms with E-state index < -0.39 is 0 Å². The molecule has 5 heteroatoms. The summed E-state index contributed by atoms with van der Waals surface area (Å²) in [4.78, 5) is 4.71. The lowest BCUT2D eigenvalue weighted by Gasteiger charge is -2.00. The van der Waals surface area contributed by atoms with Crippen molar-refractivity contribution in [2.45, 2.75) is 6.92 Å². The van der Waals surface area contributed by atoms with Gasteiger partial charge in [0.15, 0.2) is 5.82 Å². The molecule has 2 heterocycles. The summed E-state index contributed by atoms with van der Waals surface area (Å²) in [5.41, 5.74) is 4.08. The first-order valence-corrected chi connectivity index (χ1v) is 7.93. The third-order valence-electron chi connectivity index (χ3n) is 3.95. The van der Waals surface area contributed by atoms with E-state index in [1.54, 1.807) is 12.1 Å². The second-order valence-electron chi connectivity index (χ2n) is 5.71. The average molecular weight is 330 g/mol. The van der Waals surface area contributed by atoms with Crippen molar-refractivity contribution < 1.29 is 4.39 Å². The molecule has 0 aliphatic carbocycles. The summed E-state index contributed by atoms with van der Waals surface area (Å²) in [5.74, 6) is 0.338. The molecule has 0 amide bonds. The number of imidazole rings is 1. The highest BCUT2D eigenvalue weighted by molar-refractivity contribution is 5.75. The van der Waals surface area contributed by atoms with Gasteiger partial charge >= 0.3 is 0 Å². The molecule has 0 atom stereocenters. The van der Waals surface area contributed by atoms with Crippen LogP contribution in [0.4, 0.5) is 15.9 Å². The van der Waals surface area contributed by atoms with Gasteiger partial charge in [0, 0.05) is 11.8 Å². The SMILES string of the molecule is Cc1cccn2c(N=Nc3ccccc3)c(-c3ccc(F)cc3)nc12. The fourth-order valence-corrected chi connectivity index (χ4v) is 2.69. The van der Waals surface area contributed by atoms with Crippen LogP contribution in [0.15, 0.2) is 83.2 Å². The van der Waals surface area contributed by atoms with E-state index in [0.717, 1.165) is 22.5 Å². The molecule has 2 aromatic heterocycles. The van der Waals surface area contributed by atoms with Crippen molar-refractivity contribution in [3.8, 4) is 11.3 Å². The predicted molar refractivity (Wildman–Crippen MR) is 95.9 cm³/mol. The van der Waals surface area contributed by atoms with E-state index in [0.29, 0.717) is 11.5 Å². The van der Waals surface area contributed by atoms with Gasteiger partial charge in [0.2, 0.25) is 0 Å². The van der Waals surface area contributed by atoms with Gasteiger partial charge in [-0.2, -0.15) is 0 Å². The van der Waals surface area contributed by atoms with Crippen LogP contribution in [0.2, 0.25) is 0 Å². The summed E-state index contributed by atoms with van der Waals surface area (Å²) in [6.45, 7) is 1.99. The molecule has 0 saturated carbocycles. The van der Waals surface area contributed by atoms with Crippen molar-refractivity contribution in [2.75, 3.05) is 0 Å². The first-order valence-electron chi connectivity index (χ1n) is 7.93. The molecule has 25 heavy (non-hydrogen) atoms. The Bertz CT molecular complexity index is 1050. The monoisotopic (exact) mass is 330 g/mol. The van der Waals surface area contributed by atoms with Crippen LogP contribution in [0.3, 0.4) is 0 Å². The Labute approximate surface area is 144 Å². The van der Waals surface area contributed by atoms with Crippen molar-refractivity contribution in [3.05, 3.63) is 84.3 Å². The summed E-state index contributed by atoms with van der Waals surface area (Å²) in [5, 5.41) is 8.76. The molecule has 4 aromatic rings. The maximum absolute atomic E-state index is 13.3. The highest BCUT2D eigenvalue weighted by Gasteiger charge is 2.15. The Morgan fingerprint density at radius 2 is 1.64 bits per heavy atom. The highest BCUT2D eigenvalue weighted by atomic mass is 19.1. The van der Waals surface area contributed by atoms with Crippen LogP contribution in [0, 0.1) is 12.7 Å². The molecule has 4 nitrogen and oxygen atoms in total. The summed E-state index contributed by atoms with van der Waals surface area (Å²) < 4.78 is 15.2. The maximum Gasteiger partial charge on any atom is 0.187 e. The minimum atomic E-state index is -0.281. The Hall–Kier alpha value is -3.34. The number of aromatic nitrogens is 2. The van der Waals surface area contributed by atoms with E-state index in [1.807, 2.05) is 60.0 Å². The summed E-state index contributed by atoms with van der Waals surface area (Å²) >= 11 is 0. The van der Waals surface area contributed by atoms with Crippen LogP contribution in [0.25, 0.3) is 16.9 Å². The van der Waals surface area contributed by atoms with Gasteiger partial charge in [-0.15, -0.1) is 10.2 Å². The van der Waals surface area contributed by atoms with E-state index in [9.17, 15) is 4.39 Å². The van der Waals surface area contributed by atoms with Gasteiger partial charge in [-0.1, -0.05) is 24.3 Å². The Kier molecular flexibility index (Phi) is 3.82. The number of pyridine rings is 1. The zero-order valence-corrected chi connectivity index (χ0v) is 13.6. The van der Waals surface area contributed by atoms with Crippen LogP contribution < -0.4 is 0 Å². The zero-order valence-electron chi connectivity index (χ0n) is 13.6. The highest BCUT2D eigenvalue weighted by Crippen LogP contribution is 2.33. The standard InChI is InChI=1S/C20H15FN4/c1-14-6-5-13-25-19(14)22-18(15-9-11-16(21)12-10-15)20(25)24-23-17-7-3-2-4-8-17/h2-13H,1H3. The van der Waals surface area contributed by atoms with Crippen LogP contribution in [0.1, 0.15) is 5.56 Å². The van der Waals surface area contributed by atoms with Gasteiger partial charge < -0.3 is 0 Å². The number of aryl methyl sites for hydroxylation is 1. The van der Waals surface area contributed by atoms with E-state index in [2.05, 4.69) is 10.2 Å².